The van der Waals surface area contributed by atoms with Crippen molar-refractivity contribution in [2.24, 2.45) is 0 Å². The number of anilines is 1. The zero-order valence-corrected chi connectivity index (χ0v) is 15.8. The molecule has 7 heteroatoms. The molecule has 1 heterocycles. The van der Waals surface area contributed by atoms with E-state index in [0.29, 0.717) is 23.7 Å². The Morgan fingerprint density at radius 1 is 1.07 bits per heavy atom. The van der Waals surface area contributed by atoms with E-state index in [1.807, 2.05) is 44.2 Å². The van der Waals surface area contributed by atoms with E-state index < -0.39 is 0 Å². The van der Waals surface area contributed by atoms with Gasteiger partial charge >= 0.3 is 6.03 Å². The van der Waals surface area contributed by atoms with Crippen LogP contribution in [-0.4, -0.2) is 24.8 Å². The van der Waals surface area contributed by atoms with E-state index in [9.17, 15) is 9.59 Å². The van der Waals surface area contributed by atoms with Crippen LogP contribution in [0.25, 0.3) is 6.08 Å². The number of fused-ring (bicyclic) bond motifs is 1. The minimum atomic E-state index is -0.246. The molecule has 0 fully saturated rings. The van der Waals surface area contributed by atoms with Crippen LogP contribution >= 0.6 is 0 Å². The van der Waals surface area contributed by atoms with E-state index in [0.717, 1.165) is 11.1 Å². The lowest BCUT2D eigenvalue weighted by Crippen LogP contribution is -2.34. The summed E-state index contributed by atoms with van der Waals surface area (Å²) < 4.78 is 10.6. The number of ether oxygens (including phenoxy) is 2. The first kappa shape index (κ1) is 19.3. The highest BCUT2D eigenvalue weighted by molar-refractivity contribution is 5.92. The molecule has 0 saturated heterocycles. The van der Waals surface area contributed by atoms with Gasteiger partial charge in [-0.15, -0.1) is 0 Å². The van der Waals surface area contributed by atoms with Crippen LogP contribution in [0.5, 0.6) is 11.5 Å². The molecule has 146 valence electrons. The third-order valence-corrected chi connectivity index (χ3v) is 3.92. The standard InChI is InChI=1S/C21H23N3O4/c1-14(2)23-21(26)24-17-7-3-16(4-8-17)12-22-20(25)10-6-15-5-9-18-19(11-15)28-13-27-18/h3-11,14H,12-13H2,1-2H3,(H,22,25)(H2,23,24,26). The van der Waals surface area contributed by atoms with Crippen LogP contribution in [0.2, 0.25) is 0 Å². The molecule has 0 aromatic heterocycles. The summed E-state index contributed by atoms with van der Waals surface area (Å²) >= 11 is 0. The first-order valence-corrected chi connectivity index (χ1v) is 9.01. The lowest BCUT2D eigenvalue weighted by molar-refractivity contribution is -0.116. The van der Waals surface area contributed by atoms with E-state index >= 15 is 0 Å². The monoisotopic (exact) mass is 381 g/mol. The Balaban J connectivity index is 1.47. The van der Waals surface area contributed by atoms with E-state index in [2.05, 4.69) is 16.0 Å². The maximum absolute atomic E-state index is 12.0. The Morgan fingerprint density at radius 2 is 1.82 bits per heavy atom. The van der Waals surface area contributed by atoms with Crippen LogP contribution in [0.15, 0.2) is 48.5 Å². The van der Waals surface area contributed by atoms with Gasteiger partial charge in [0, 0.05) is 24.4 Å². The summed E-state index contributed by atoms with van der Waals surface area (Å²) in [6.45, 7) is 4.40. The second kappa shape index (κ2) is 8.94. The molecule has 0 spiro atoms. The molecule has 0 bridgehead atoms. The molecule has 0 atom stereocenters. The van der Waals surface area contributed by atoms with Crippen molar-refractivity contribution in [3.8, 4) is 11.5 Å². The molecule has 0 unspecified atom stereocenters. The van der Waals surface area contributed by atoms with E-state index in [1.54, 1.807) is 18.2 Å². The van der Waals surface area contributed by atoms with Crippen molar-refractivity contribution in [2.75, 3.05) is 12.1 Å². The van der Waals surface area contributed by atoms with Gasteiger partial charge in [-0.2, -0.15) is 0 Å². The molecule has 1 aliphatic heterocycles. The topological polar surface area (TPSA) is 88.7 Å². The molecule has 3 rings (SSSR count). The molecule has 1 aliphatic rings. The van der Waals surface area contributed by atoms with Gasteiger partial charge in [0.2, 0.25) is 12.7 Å². The molecule has 3 amide bonds. The number of benzene rings is 2. The van der Waals surface area contributed by atoms with Crippen molar-refractivity contribution in [1.82, 2.24) is 10.6 Å². The number of nitrogens with one attached hydrogen (secondary N) is 3. The van der Waals surface area contributed by atoms with Gasteiger partial charge < -0.3 is 25.4 Å². The summed E-state index contributed by atoms with van der Waals surface area (Å²) in [5, 5.41) is 8.34. The molecule has 3 N–H and O–H groups in total. The van der Waals surface area contributed by atoms with E-state index in [1.165, 1.54) is 6.08 Å². The Hall–Kier alpha value is -3.48. The number of urea groups is 1. The minimum Gasteiger partial charge on any atom is -0.454 e. The van der Waals surface area contributed by atoms with Crippen molar-refractivity contribution in [3.63, 3.8) is 0 Å². The Bertz CT molecular complexity index is 876. The van der Waals surface area contributed by atoms with Gasteiger partial charge in [0.25, 0.3) is 0 Å². The zero-order valence-electron chi connectivity index (χ0n) is 15.8. The first-order valence-electron chi connectivity index (χ1n) is 9.01. The van der Waals surface area contributed by atoms with Crippen molar-refractivity contribution < 1.29 is 19.1 Å². The van der Waals surface area contributed by atoms with Crippen LogP contribution in [-0.2, 0) is 11.3 Å². The molecule has 0 aliphatic carbocycles. The SMILES string of the molecule is CC(C)NC(=O)Nc1ccc(CNC(=O)C=Cc2ccc3c(c2)OCO3)cc1. The summed E-state index contributed by atoms with van der Waals surface area (Å²) in [4.78, 5) is 23.7. The molecule has 28 heavy (non-hydrogen) atoms. The van der Waals surface area contributed by atoms with Crippen molar-refractivity contribution in [1.29, 1.82) is 0 Å². The smallest absolute Gasteiger partial charge is 0.319 e. The third-order valence-electron chi connectivity index (χ3n) is 3.92. The fraction of sp³-hybridized carbons (Fsp3) is 0.238. The predicted molar refractivity (Wildman–Crippen MR) is 107 cm³/mol. The second-order valence-corrected chi connectivity index (χ2v) is 6.61. The summed E-state index contributed by atoms with van der Waals surface area (Å²) in [7, 11) is 0. The van der Waals surface area contributed by atoms with Gasteiger partial charge in [-0.25, -0.2) is 4.79 Å². The normalized spacial score (nSPS) is 12.2. The summed E-state index contributed by atoms with van der Waals surface area (Å²) in [6.07, 6.45) is 3.20. The highest BCUT2D eigenvalue weighted by Crippen LogP contribution is 2.32. The van der Waals surface area contributed by atoms with Gasteiger partial charge in [0.1, 0.15) is 0 Å². The maximum Gasteiger partial charge on any atom is 0.319 e. The summed E-state index contributed by atoms with van der Waals surface area (Å²) in [5.74, 6) is 1.19. The summed E-state index contributed by atoms with van der Waals surface area (Å²) in [5.41, 5.74) is 2.48. The number of amides is 3. The van der Waals surface area contributed by atoms with Crippen LogP contribution < -0.4 is 25.4 Å². The van der Waals surface area contributed by atoms with Crippen LogP contribution in [0.4, 0.5) is 10.5 Å². The number of carbonyl (C=O) groups excluding carboxylic acids is 2. The van der Waals surface area contributed by atoms with E-state index in [-0.39, 0.29) is 24.8 Å². The lowest BCUT2D eigenvalue weighted by Gasteiger charge is -2.10. The maximum atomic E-state index is 12.0. The number of hydrogen-bond donors (Lipinski definition) is 3. The predicted octanol–water partition coefficient (Wildman–Crippen LogP) is 3.27. The van der Waals surface area contributed by atoms with Crippen molar-refractivity contribution >= 4 is 23.7 Å². The molecular weight excluding hydrogens is 358 g/mol. The Morgan fingerprint density at radius 3 is 2.57 bits per heavy atom. The Labute approximate surface area is 163 Å². The third kappa shape index (κ3) is 5.51. The molecular formula is C21H23N3O4. The van der Waals surface area contributed by atoms with Gasteiger partial charge in [0.05, 0.1) is 0 Å². The number of carbonyl (C=O) groups is 2. The van der Waals surface area contributed by atoms with Crippen LogP contribution in [0.1, 0.15) is 25.0 Å². The van der Waals surface area contributed by atoms with Crippen molar-refractivity contribution in [2.45, 2.75) is 26.4 Å². The molecule has 2 aromatic carbocycles. The van der Waals surface area contributed by atoms with Gasteiger partial charge in [-0.05, 0) is 55.3 Å². The highest BCUT2D eigenvalue weighted by Gasteiger charge is 2.12. The van der Waals surface area contributed by atoms with E-state index in [4.69, 9.17) is 9.47 Å². The average molecular weight is 381 g/mol. The quantitative estimate of drug-likeness (QED) is 0.670. The number of rotatable bonds is 6. The zero-order chi connectivity index (χ0) is 19.9. The van der Waals surface area contributed by atoms with Crippen LogP contribution in [0, 0.1) is 0 Å². The fourth-order valence-electron chi connectivity index (χ4n) is 2.57. The highest BCUT2D eigenvalue weighted by atomic mass is 16.7. The second-order valence-electron chi connectivity index (χ2n) is 6.61. The van der Waals surface area contributed by atoms with Gasteiger partial charge in [-0.1, -0.05) is 18.2 Å². The molecule has 7 nitrogen and oxygen atoms in total. The van der Waals surface area contributed by atoms with Gasteiger partial charge in [0.15, 0.2) is 11.5 Å². The Kier molecular flexibility index (Phi) is 6.16. The first-order chi connectivity index (χ1) is 13.5. The molecule has 0 saturated carbocycles. The molecule has 0 radical (unpaired) electrons. The molecule has 2 aromatic rings. The summed E-state index contributed by atoms with van der Waals surface area (Å²) in [6, 6.07) is 12.6. The van der Waals surface area contributed by atoms with Crippen LogP contribution in [0.3, 0.4) is 0 Å². The minimum absolute atomic E-state index is 0.0696. The largest absolute Gasteiger partial charge is 0.454 e. The van der Waals surface area contributed by atoms with Gasteiger partial charge in [-0.3, -0.25) is 4.79 Å². The number of hydrogen-bond acceptors (Lipinski definition) is 4. The average Bonchev–Trinajstić information content (AvgIpc) is 3.13. The fourth-order valence-corrected chi connectivity index (χ4v) is 2.57. The van der Waals surface area contributed by atoms with Crippen molar-refractivity contribution in [3.05, 3.63) is 59.7 Å². The lowest BCUT2D eigenvalue weighted by atomic mass is 10.2.